The molecule has 26 heavy (non-hydrogen) atoms. The molecule has 0 aliphatic heterocycles. The van der Waals surface area contributed by atoms with E-state index in [2.05, 4.69) is 43.8 Å². The maximum absolute atomic E-state index is 2.43. The van der Waals surface area contributed by atoms with Gasteiger partial charge in [0.25, 0.3) is 0 Å². The topological polar surface area (TPSA) is 3.88 Å². The molecule has 0 fully saturated rings. The molecule has 1 nitrogen and oxygen atoms in total. The largest absolute Gasteiger partial charge is 0.205 e. The van der Waals surface area contributed by atoms with Gasteiger partial charge in [-0.05, 0) is 24.8 Å². The van der Waals surface area contributed by atoms with Gasteiger partial charge in [0.15, 0.2) is 12.4 Å². The molecule has 1 rings (SSSR count). The second-order valence-electron chi connectivity index (χ2n) is 8.12. The Morgan fingerprint density at radius 3 is 1.62 bits per heavy atom. The zero-order valence-corrected chi connectivity index (χ0v) is 18.2. The highest BCUT2D eigenvalue weighted by Crippen LogP contribution is 2.13. The Kier molecular flexibility index (Phi) is 14.6. The van der Waals surface area contributed by atoms with Crippen molar-refractivity contribution in [3.63, 3.8) is 0 Å². The first-order valence-electron chi connectivity index (χ1n) is 11.8. The molecule has 150 valence electrons. The number of unbranched alkanes of at least 4 members (excludes halogenated alkanes) is 11. The minimum Gasteiger partial charge on any atom is -0.205 e. The van der Waals surface area contributed by atoms with E-state index >= 15 is 0 Å². The van der Waals surface area contributed by atoms with E-state index in [4.69, 9.17) is 0 Å². The van der Waals surface area contributed by atoms with E-state index < -0.39 is 0 Å². The predicted molar refractivity (Wildman–Crippen MR) is 116 cm³/mol. The SMILES string of the molecule is CCCCCCCCCCCCCC[n+]1ccc(CCC)c(CCC)c1. The highest BCUT2D eigenvalue weighted by Gasteiger charge is 2.08. The summed E-state index contributed by atoms with van der Waals surface area (Å²) in [7, 11) is 0. The number of aryl methyl sites for hydroxylation is 3. The van der Waals surface area contributed by atoms with Gasteiger partial charge in [0, 0.05) is 18.1 Å². The molecule has 0 aliphatic carbocycles. The molecule has 0 atom stereocenters. The Balaban J connectivity index is 2.08. The highest BCUT2D eigenvalue weighted by molar-refractivity contribution is 5.21. The first-order chi connectivity index (χ1) is 12.8. The van der Waals surface area contributed by atoms with Crippen LogP contribution in [0.4, 0.5) is 0 Å². The fraction of sp³-hybridized carbons (Fsp3) is 0.800. The number of hydrogen-bond acceptors (Lipinski definition) is 0. The quantitative estimate of drug-likeness (QED) is 0.199. The summed E-state index contributed by atoms with van der Waals surface area (Å²) in [6.45, 7) is 8.06. The van der Waals surface area contributed by atoms with Crippen LogP contribution in [0.3, 0.4) is 0 Å². The summed E-state index contributed by atoms with van der Waals surface area (Å²) in [6.07, 6.45) is 26.8. The lowest BCUT2D eigenvalue weighted by molar-refractivity contribution is -0.697. The summed E-state index contributed by atoms with van der Waals surface area (Å²) in [5.41, 5.74) is 3.15. The van der Waals surface area contributed by atoms with E-state index in [9.17, 15) is 0 Å². The molecule has 0 N–H and O–H groups in total. The summed E-state index contributed by atoms with van der Waals surface area (Å²) >= 11 is 0. The number of rotatable bonds is 17. The van der Waals surface area contributed by atoms with Gasteiger partial charge in [-0.1, -0.05) is 97.8 Å². The predicted octanol–water partition coefficient (Wildman–Crippen LogP) is 7.58. The van der Waals surface area contributed by atoms with Gasteiger partial charge in [-0.25, -0.2) is 4.57 Å². The van der Waals surface area contributed by atoms with Crippen LogP contribution in [0, 0.1) is 0 Å². The Bertz CT molecular complexity index is 438. The normalized spacial score (nSPS) is 11.2. The summed E-state index contributed by atoms with van der Waals surface area (Å²) in [5.74, 6) is 0. The summed E-state index contributed by atoms with van der Waals surface area (Å²) in [4.78, 5) is 0. The molecule has 1 aromatic rings. The molecule has 0 aliphatic rings. The Morgan fingerprint density at radius 1 is 0.577 bits per heavy atom. The first-order valence-corrected chi connectivity index (χ1v) is 11.8. The van der Waals surface area contributed by atoms with Crippen molar-refractivity contribution in [3.05, 3.63) is 29.6 Å². The molecule has 0 radical (unpaired) electrons. The Labute approximate surface area is 164 Å². The smallest absolute Gasteiger partial charge is 0.172 e. The molecule has 0 spiro atoms. The van der Waals surface area contributed by atoms with Crippen LogP contribution >= 0.6 is 0 Å². The third-order valence-electron chi connectivity index (χ3n) is 5.51. The molecule has 0 saturated heterocycles. The number of pyridine rings is 1. The molecule has 0 saturated carbocycles. The van der Waals surface area contributed by atoms with Crippen molar-refractivity contribution in [2.75, 3.05) is 0 Å². The Hall–Kier alpha value is -0.850. The van der Waals surface area contributed by atoms with Gasteiger partial charge in [-0.3, -0.25) is 0 Å². The van der Waals surface area contributed by atoms with Crippen LogP contribution in [0.1, 0.15) is 122 Å². The van der Waals surface area contributed by atoms with Crippen molar-refractivity contribution < 1.29 is 4.57 Å². The van der Waals surface area contributed by atoms with E-state index in [1.807, 2.05) is 0 Å². The maximum Gasteiger partial charge on any atom is 0.172 e. The van der Waals surface area contributed by atoms with Gasteiger partial charge in [-0.2, -0.15) is 0 Å². The minimum absolute atomic E-state index is 1.19. The average Bonchev–Trinajstić information content (AvgIpc) is 2.65. The third-order valence-corrected chi connectivity index (χ3v) is 5.51. The summed E-state index contributed by atoms with van der Waals surface area (Å²) in [5, 5.41) is 0. The second kappa shape index (κ2) is 16.3. The fourth-order valence-corrected chi connectivity index (χ4v) is 3.90. The molecule has 0 aromatic carbocycles. The average molecular weight is 361 g/mol. The van der Waals surface area contributed by atoms with Gasteiger partial charge >= 0.3 is 0 Å². The van der Waals surface area contributed by atoms with Gasteiger partial charge in [0.1, 0.15) is 6.54 Å². The second-order valence-corrected chi connectivity index (χ2v) is 8.12. The van der Waals surface area contributed by atoms with E-state index in [0.717, 1.165) is 0 Å². The van der Waals surface area contributed by atoms with E-state index in [1.165, 1.54) is 109 Å². The maximum atomic E-state index is 2.43. The molecule has 1 aromatic heterocycles. The van der Waals surface area contributed by atoms with Gasteiger partial charge < -0.3 is 0 Å². The van der Waals surface area contributed by atoms with Crippen LogP contribution in [0.25, 0.3) is 0 Å². The molecule has 0 bridgehead atoms. The summed E-state index contributed by atoms with van der Waals surface area (Å²) in [6, 6.07) is 2.37. The van der Waals surface area contributed by atoms with Crippen LogP contribution in [0.2, 0.25) is 0 Å². The van der Waals surface area contributed by atoms with Gasteiger partial charge in [0.2, 0.25) is 0 Å². The van der Waals surface area contributed by atoms with Crippen LogP contribution in [0.15, 0.2) is 18.5 Å². The van der Waals surface area contributed by atoms with E-state index in [1.54, 1.807) is 11.1 Å². The zero-order chi connectivity index (χ0) is 18.9. The molecule has 0 amide bonds. The number of hydrogen-bond donors (Lipinski definition) is 0. The number of nitrogens with zero attached hydrogens (tertiary/aromatic N) is 1. The van der Waals surface area contributed by atoms with Crippen LogP contribution in [-0.2, 0) is 19.4 Å². The van der Waals surface area contributed by atoms with Crippen molar-refractivity contribution >= 4 is 0 Å². The lowest BCUT2D eigenvalue weighted by Gasteiger charge is -2.07. The zero-order valence-electron chi connectivity index (χ0n) is 18.2. The summed E-state index contributed by atoms with van der Waals surface area (Å²) < 4.78 is 2.43. The molecule has 0 unspecified atom stereocenters. The van der Waals surface area contributed by atoms with Crippen molar-refractivity contribution in [1.82, 2.24) is 0 Å². The molecular weight excluding hydrogens is 314 g/mol. The van der Waals surface area contributed by atoms with Crippen LogP contribution in [-0.4, -0.2) is 0 Å². The number of aromatic nitrogens is 1. The van der Waals surface area contributed by atoms with Crippen molar-refractivity contribution in [1.29, 1.82) is 0 Å². The van der Waals surface area contributed by atoms with E-state index in [0.29, 0.717) is 0 Å². The monoisotopic (exact) mass is 360 g/mol. The lowest BCUT2D eigenvalue weighted by Crippen LogP contribution is -2.33. The van der Waals surface area contributed by atoms with Crippen molar-refractivity contribution in [2.24, 2.45) is 0 Å². The fourth-order valence-electron chi connectivity index (χ4n) is 3.90. The van der Waals surface area contributed by atoms with Crippen molar-refractivity contribution in [2.45, 2.75) is 130 Å². The first kappa shape index (κ1) is 23.2. The minimum atomic E-state index is 1.19. The standard InChI is InChI=1S/C25H46N/c1-4-7-8-9-10-11-12-13-14-15-16-17-21-26-22-20-24(18-5-2)25(23-26)19-6-3/h20,22-23H,4-19,21H2,1-3H3/q+1. The van der Waals surface area contributed by atoms with E-state index in [-0.39, 0.29) is 0 Å². The lowest BCUT2D eigenvalue weighted by atomic mass is 10.0. The van der Waals surface area contributed by atoms with Crippen LogP contribution in [0.5, 0.6) is 0 Å². The van der Waals surface area contributed by atoms with Gasteiger partial charge in [-0.15, -0.1) is 0 Å². The van der Waals surface area contributed by atoms with Crippen LogP contribution < -0.4 is 4.57 Å². The third kappa shape index (κ3) is 11.0. The van der Waals surface area contributed by atoms with Gasteiger partial charge in [0.05, 0.1) is 0 Å². The highest BCUT2D eigenvalue weighted by atomic mass is 14.9. The molecular formula is C25H46N+. The molecule has 1 heteroatoms. The Morgan fingerprint density at radius 2 is 1.08 bits per heavy atom. The van der Waals surface area contributed by atoms with Crippen molar-refractivity contribution in [3.8, 4) is 0 Å². The molecule has 1 heterocycles.